The predicted molar refractivity (Wildman–Crippen MR) is 75.9 cm³/mol. The van der Waals surface area contributed by atoms with Gasteiger partial charge < -0.3 is 9.84 Å². The van der Waals surface area contributed by atoms with E-state index in [0.29, 0.717) is 16.7 Å². The molecule has 0 spiro atoms. The van der Waals surface area contributed by atoms with Crippen molar-refractivity contribution in [2.45, 2.75) is 13.0 Å². The van der Waals surface area contributed by atoms with Crippen LogP contribution >= 0.6 is 15.9 Å². The lowest BCUT2D eigenvalue weighted by atomic mass is 9.99. The summed E-state index contributed by atoms with van der Waals surface area (Å²) in [6.45, 7) is 1.73. The maximum atomic E-state index is 13.5. The summed E-state index contributed by atoms with van der Waals surface area (Å²) in [5.74, 6) is -0.715. The van der Waals surface area contributed by atoms with Gasteiger partial charge in [-0.2, -0.15) is 0 Å². The number of hydrogen-bond acceptors (Lipinski definition) is 2. The summed E-state index contributed by atoms with van der Waals surface area (Å²) >= 11 is 3.06. The zero-order chi connectivity index (χ0) is 14.9. The molecule has 0 fully saturated rings. The molecule has 2 aromatic carbocycles. The fourth-order valence-corrected chi connectivity index (χ4v) is 2.40. The van der Waals surface area contributed by atoms with Gasteiger partial charge in [0.05, 0.1) is 11.6 Å². The van der Waals surface area contributed by atoms with Crippen molar-refractivity contribution in [3.63, 3.8) is 0 Å². The highest BCUT2D eigenvalue weighted by atomic mass is 79.9. The average Bonchev–Trinajstić information content (AvgIpc) is 2.39. The molecule has 2 nitrogen and oxygen atoms in total. The molecule has 0 amide bonds. The highest BCUT2D eigenvalue weighted by molar-refractivity contribution is 9.10. The molecular weight excluding hydrogens is 330 g/mol. The minimum Gasteiger partial charge on any atom is -0.496 e. The highest BCUT2D eigenvalue weighted by Gasteiger charge is 2.19. The van der Waals surface area contributed by atoms with Crippen LogP contribution in [0, 0.1) is 18.6 Å². The van der Waals surface area contributed by atoms with Gasteiger partial charge in [-0.05, 0) is 52.2 Å². The largest absolute Gasteiger partial charge is 0.496 e. The lowest BCUT2D eigenvalue weighted by Gasteiger charge is -2.16. The molecule has 0 heterocycles. The molecule has 0 saturated carbocycles. The van der Waals surface area contributed by atoms with Crippen molar-refractivity contribution in [1.29, 1.82) is 0 Å². The first-order valence-electron chi connectivity index (χ1n) is 5.90. The van der Waals surface area contributed by atoms with Crippen LogP contribution in [0.15, 0.2) is 34.8 Å². The minimum absolute atomic E-state index is 0.208. The van der Waals surface area contributed by atoms with Crippen molar-refractivity contribution in [2.24, 2.45) is 0 Å². The summed E-state index contributed by atoms with van der Waals surface area (Å²) in [6, 6.07) is 6.89. The molecule has 2 rings (SSSR count). The van der Waals surface area contributed by atoms with Crippen LogP contribution in [0.2, 0.25) is 0 Å². The number of rotatable bonds is 3. The van der Waals surface area contributed by atoms with E-state index in [1.54, 1.807) is 13.0 Å². The van der Waals surface area contributed by atoms with E-state index in [9.17, 15) is 13.9 Å². The van der Waals surface area contributed by atoms with Crippen LogP contribution in [0.5, 0.6) is 5.75 Å². The Morgan fingerprint density at radius 3 is 2.45 bits per heavy atom. The maximum absolute atomic E-state index is 13.5. The lowest BCUT2D eigenvalue weighted by Crippen LogP contribution is -2.04. The van der Waals surface area contributed by atoms with Crippen LogP contribution in [-0.4, -0.2) is 12.2 Å². The van der Waals surface area contributed by atoms with E-state index in [1.165, 1.54) is 31.4 Å². The number of aliphatic hydroxyl groups is 1. The fraction of sp³-hybridized carbons (Fsp3) is 0.200. The monoisotopic (exact) mass is 342 g/mol. The Morgan fingerprint density at radius 2 is 1.85 bits per heavy atom. The maximum Gasteiger partial charge on any atom is 0.141 e. The number of aryl methyl sites for hydroxylation is 1. The number of halogens is 3. The Morgan fingerprint density at radius 1 is 1.15 bits per heavy atom. The summed E-state index contributed by atoms with van der Waals surface area (Å²) in [4.78, 5) is 0. The summed E-state index contributed by atoms with van der Waals surface area (Å²) in [7, 11) is 1.38. The van der Waals surface area contributed by atoms with Gasteiger partial charge in [-0.3, -0.25) is 0 Å². The van der Waals surface area contributed by atoms with Crippen molar-refractivity contribution in [3.05, 3.63) is 63.1 Å². The van der Waals surface area contributed by atoms with Crippen LogP contribution in [0.25, 0.3) is 0 Å². The summed E-state index contributed by atoms with van der Waals surface area (Å²) in [6.07, 6.45) is -1.10. The fourth-order valence-electron chi connectivity index (χ4n) is 2.04. The third-order valence-corrected chi connectivity index (χ3v) is 3.56. The van der Waals surface area contributed by atoms with Crippen LogP contribution < -0.4 is 4.74 Å². The first-order chi connectivity index (χ1) is 9.42. The van der Waals surface area contributed by atoms with Gasteiger partial charge in [0.2, 0.25) is 0 Å². The first kappa shape index (κ1) is 14.9. The Kier molecular flexibility index (Phi) is 4.40. The SMILES string of the molecule is COc1cc(F)c(Br)cc1C(O)c1cc(C)cc(F)c1. The second kappa shape index (κ2) is 5.89. The molecule has 0 radical (unpaired) electrons. The van der Waals surface area contributed by atoms with Gasteiger partial charge in [0.15, 0.2) is 0 Å². The summed E-state index contributed by atoms with van der Waals surface area (Å²) in [5, 5.41) is 10.4. The number of benzene rings is 2. The van der Waals surface area contributed by atoms with Gasteiger partial charge in [-0.15, -0.1) is 0 Å². The topological polar surface area (TPSA) is 29.5 Å². The zero-order valence-electron chi connectivity index (χ0n) is 11.0. The molecule has 5 heteroatoms. The van der Waals surface area contributed by atoms with E-state index in [1.807, 2.05) is 0 Å². The van der Waals surface area contributed by atoms with E-state index in [-0.39, 0.29) is 10.2 Å². The smallest absolute Gasteiger partial charge is 0.141 e. The molecular formula is C15H13BrF2O2. The normalized spacial score (nSPS) is 12.3. The van der Waals surface area contributed by atoms with Gasteiger partial charge >= 0.3 is 0 Å². The van der Waals surface area contributed by atoms with E-state index >= 15 is 0 Å². The molecule has 0 aliphatic rings. The Labute approximate surface area is 124 Å². The van der Waals surface area contributed by atoms with Crippen molar-refractivity contribution in [3.8, 4) is 5.75 Å². The van der Waals surface area contributed by atoms with Crippen LogP contribution in [0.4, 0.5) is 8.78 Å². The number of aliphatic hydroxyl groups excluding tert-OH is 1. The quantitative estimate of drug-likeness (QED) is 0.908. The van der Waals surface area contributed by atoms with Gasteiger partial charge in [0, 0.05) is 11.6 Å². The molecule has 0 saturated heterocycles. The number of ether oxygens (including phenoxy) is 1. The molecule has 0 bridgehead atoms. The summed E-state index contributed by atoms with van der Waals surface area (Å²) in [5.41, 5.74) is 1.45. The molecule has 0 aliphatic heterocycles. The Bertz CT molecular complexity index is 624. The zero-order valence-corrected chi connectivity index (χ0v) is 12.5. The average molecular weight is 343 g/mol. The number of hydrogen-bond donors (Lipinski definition) is 1. The second-order valence-corrected chi connectivity index (χ2v) is 5.33. The molecule has 0 aromatic heterocycles. The first-order valence-corrected chi connectivity index (χ1v) is 6.69. The molecule has 106 valence electrons. The second-order valence-electron chi connectivity index (χ2n) is 4.47. The lowest BCUT2D eigenvalue weighted by molar-refractivity contribution is 0.214. The molecule has 1 atom stereocenters. The third-order valence-electron chi connectivity index (χ3n) is 2.95. The van der Waals surface area contributed by atoms with E-state index < -0.39 is 17.7 Å². The molecule has 2 aromatic rings. The van der Waals surface area contributed by atoms with Crippen molar-refractivity contribution in [1.82, 2.24) is 0 Å². The van der Waals surface area contributed by atoms with Crippen LogP contribution in [-0.2, 0) is 0 Å². The molecule has 0 aliphatic carbocycles. The van der Waals surface area contributed by atoms with Gasteiger partial charge in [0.25, 0.3) is 0 Å². The number of methoxy groups -OCH3 is 1. The Balaban J connectivity index is 2.52. The van der Waals surface area contributed by atoms with E-state index in [2.05, 4.69) is 15.9 Å². The third kappa shape index (κ3) is 2.99. The molecule has 1 N–H and O–H groups in total. The van der Waals surface area contributed by atoms with E-state index in [4.69, 9.17) is 4.74 Å². The standard InChI is InChI=1S/C15H13BrF2O2/c1-8-3-9(5-10(17)4-8)15(19)11-6-12(16)13(18)7-14(11)20-2/h3-7,15,19H,1-2H3. The van der Waals surface area contributed by atoms with Crippen molar-refractivity contribution < 1.29 is 18.6 Å². The predicted octanol–water partition coefficient (Wildman–Crippen LogP) is 4.13. The van der Waals surface area contributed by atoms with Crippen LogP contribution in [0.1, 0.15) is 22.8 Å². The van der Waals surface area contributed by atoms with Gasteiger partial charge in [-0.1, -0.05) is 6.07 Å². The highest BCUT2D eigenvalue weighted by Crippen LogP contribution is 2.34. The van der Waals surface area contributed by atoms with Gasteiger partial charge in [0.1, 0.15) is 23.5 Å². The summed E-state index contributed by atoms with van der Waals surface area (Å²) < 4.78 is 32.2. The molecule has 20 heavy (non-hydrogen) atoms. The minimum atomic E-state index is -1.10. The Hall–Kier alpha value is -1.46. The molecule has 1 unspecified atom stereocenters. The van der Waals surface area contributed by atoms with Crippen molar-refractivity contribution in [2.75, 3.05) is 7.11 Å². The van der Waals surface area contributed by atoms with Crippen LogP contribution in [0.3, 0.4) is 0 Å². The van der Waals surface area contributed by atoms with Gasteiger partial charge in [-0.25, -0.2) is 8.78 Å². The van der Waals surface area contributed by atoms with E-state index in [0.717, 1.165) is 0 Å². The van der Waals surface area contributed by atoms with Crippen molar-refractivity contribution >= 4 is 15.9 Å².